The van der Waals surface area contributed by atoms with Crippen LogP contribution in [0.2, 0.25) is 0 Å². The van der Waals surface area contributed by atoms with Crippen LogP contribution in [-0.4, -0.2) is 5.78 Å². The van der Waals surface area contributed by atoms with E-state index >= 15 is 0 Å². The van der Waals surface area contributed by atoms with Crippen LogP contribution in [0.15, 0.2) is 53.9 Å². The quantitative estimate of drug-likeness (QED) is 0.687. The SMILES string of the molecule is CC(=O)c1ccc(Nc2csc3ccccc23)cc1. The minimum absolute atomic E-state index is 0.0903. The number of thiophene rings is 1. The van der Waals surface area contributed by atoms with Crippen LogP contribution in [0.1, 0.15) is 17.3 Å². The van der Waals surface area contributed by atoms with Crippen molar-refractivity contribution in [2.75, 3.05) is 5.32 Å². The molecule has 2 aromatic carbocycles. The summed E-state index contributed by atoms with van der Waals surface area (Å²) in [4.78, 5) is 11.2. The van der Waals surface area contributed by atoms with Crippen LogP contribution in [0.3, 0.4) is 0 Å². The lowest BCUT2D eigenvalue weighted by atomic mass is 10.1. The van der Waals surface area contributed by atoms with Gasteiger partial charge in [0.25, 0.3) is 0 Å². The second-order valence-electron chi connectivity index (χ2n) is 4.40. The summed E-state index contributed by atoms with van der Waals surface area (Å²) in [6, 6.07) is 15.9. The molecule has 3 rings (SSSR count). The van der Waals surface area contributed by atoms with Crippen LogP contribution in [0.25, 0.3) is 10.1 Å². The Labute approximate surface area is 115 Å². The van der Waals surface area contributed by atoms with E-state index in [1.54, 1.807) is 18.3 Å². The van der Waals surface area contributed by atoms with E-state index in [0.717, 1.165) is 16.9 Å². The number of hydrogen-bond acceptors (Lipinski definition) is 3. The number of Topliss-reactive ketones (excluding diaryl/α,β-unsaturated/α-hetero) is 1. The molecule has 2 nitrogen and oxygen atoms in total. The fourth-order valence-corrected chi connectivity index (χ4v) is 2.91. The Morgan fingerprint density at radius 2 is 1.79 bits per heavy atom. The third kappa shape index (κ3) is 2.37. The molecule has 0 saturated heterocycles. The highest BCUT2D eigenvalue weighted by molar-refractivity contribution is 7.17. The molecule has 94 valence electrons. The van der Waals surface area contributed by atoms with E-state index in [1.165, 1.54) is 10.1 Å². The maximum absolute atomic E-state index is 11.2. The molecule has 0 aliphatic rings. The van der Waals surface area contributed by atoms with Gasteiger partial charge in [0.15, 0.2) is 5.78 Å². The molecule has 0 unspecified atom stereocenters. The normalized spacial score (nSPS) is 10.6. The van der Waals surface area contributed by atoms with Crippen molar-refractivity contribution in [2.24, 2.45) is 0 Å². The lowest BCUT2D eigenvalue weighted by molar-refractivity contribution is 0.101. The van der Waals surface area contributed by atoms with E-state index < -0.39 is 0 Å². The molecule has 0 radical (unpaired) electrons. The van der Waals surface area contributed by atoms with Crippen molar-refractivity contribution in [1.29, 1.82) is 0 Å². The van der Waals surface area contributed by atoms with E-state index in [1.807, 2.05) is 36.4 Å². The molecule has 0 fully saturated rings. The molecule has 3 aromatic rings. The maximum Gasteiger partial charge on any atom is 0.159 e. The Hall–Kier alpha value is -2.13. The second-order valence-corrected chi connectivity index (χ2v) is 5.32. The summed E-state index contributed by atoms with van der Waals surface area (Å²) in [5.74, 6) is 0.0903. The lowest BCUT2D eigenvalue weighted by Crippen LogP contribution is -1.93. The largest absolute Gasteiger partial charge is 0.354 e. The number of carbonyl (C=O) groups excluding carboxylic acids is 1. The number of carbonyl (C=O) groups is 1. The summed E-state index contributed by atoms with van der Waals surface area (Å²) in [5.41, 5.74) is 2.84. The predicted octanol–water partition coefficient (Wildman–Crippen LogP) is 4.85. The van der Waals surface area contributed by atoms with E-state index in [2.05, 4.69) is 22.8 Å². The Bertz CT molecular complexity index is 728. The molecule has 0 aliphatic heterocycles. The van der Waals surface area contributed by atoms with Gasteiger partial charge < -0.3 is 5.32 Å². The van der Waals surface area contributed by atoms with Crippen molar-refractivity contribution >= 4 is 38.6 Å². The van der Waals surface area contributed by atoms with Crippen molar-refractivity contribution < 1.29 is 4.79 Å². The molecule has 1 heterocycles. The summed E-state index contributed by atoms with van der Waals surface area (Å²) in [6.45, 7) is 1.58. The molecule has 0 saturated carbocycles. The number of hydrogen-bond donors (Lipinski definition) is 1. The lowest BCUT2D eigenvalue weighted by Gasteiger charge is -2.05. The van der Waals surface area contributed by atoms with Crippen LogP contribution in [-0.2, 0) is 0 Å². The van der Waals surface area contributed by atoms with Gasteiger partial charge >= 0.3 is 0 Å². The predicted molar refractivity (Wildman–Crippen MR) is 81.6 cm³/mol. The summed E-state index contributed by atoms with van der Waals surface area (Å²) >= 11 is 1.72. The maximum atomic E-state index is 11.2. The van der Waals surface area contributed by atoms with Crippen LogP contribution in [0.4, 0.5) is 11.4 Å². The Morgan fingerprint density at radius 1 is 1.05 bits per heavy atom. The average molecular weight is 267 g/mol. The number of nitrogens with one attached hydrogen (secondary N) is 1. The molecule has 0 spiro atoms. The zero-order valence-electron chi connectivity index (χ0n) is 10.5. The van der Waals surface area contributed by atoms with Crippen LogP contribution in [0, 0.1) is 0 Å². The van der Waals surface area contributed by atoms with Gasteiger partial charge in [0.2, 0.25) is 0 Å². The van der Waals surface area contributed by atoms with Gasteiger partial charge in [0, 0.05) is 26.7 Å². The standard InChI is InChI=1S/C16H13NOS/c1-11(18)12-6-8-13(9-7-12)17-15-10-19-16-5-3-2-4-14(15)16/h2-10,17H,1H3. The first-order chi connectivity index (χ1) is 9.24. The van der Waals surface area contributed by atoms with Crippen molar-refractivity contribution in [2.45, 2.75) is 6.92 Å². The monoisotopic (exact) mass is 267 g/mol. The molecular formula is C16H13NOS. The molecule has 0 amide bonds. The highest BCUT2D eigenvalue weighted by Gasteiger charge is 2.04. The Balaban J connectivity index is 1.90. The van der Waals surface area contributed by atoms with Crippen LogP contribution >= 0.6 is 11.3 Å². The van der Waals surface area contributed by atoms with Gasteiger partial charge in [0.05, 0.1) is 5.69 Å². The molecule has 0 atom stereocenters. The number of fused-ring (bicyclic) bond motifs is 1. The smallest absolute Gasteiger partial charge is 0.159 e. The second kappa shape index (κ2) is 4.86. The van der Waals surface area contributed by atoms with Crippen molar-refractivity contribution in [3.8, 4) is 0 Å². The molecule has 0 aliphatic carbocycles. The van der Waals surface area contributed by atoms with E-state index in [0.29, 0.717) is 0 Å². The first-order valence-corrected chi connectivity index (χ1v) is 6.96. The molecule has 0 bridgehead atoms. The zero-order chi connectivity index (χ0) is 13.2. The molecular weight excluding hydrogens is 254 g/mol. The van der Waals surface area contributed by atoms with Gasteiger partial charge in [-0.25, -0.2) is 0 Å². The number of rotatable bonds is 3. The van der Waals surface area contributed by atoms with Gasteiger partial charge in [-0.1, -0.05) is 18.2 Å². The fourth-order valence-electron chi connectivity index (χ4n) is 2.02. The number of ketones is 1. The van der Waals surface area contributed by atoms with Gasteiger partial charge in [-0.3, -0.25) is 4.79 Å². The first kappa shape index (κ1) is 11.9. The van der Waals surface area contributed by atoms with Crippen molar-refractivity contribution in [3.05, 3.63) is 59.5 Å². The number of anilines is 2. The molecule has 1 N–H and O–H groups in total. The molecule has 1 aromatic heterocycles. The third-order valence-corrected chi connectivity index (χ3v) is 4.01. The van der Waals surface area contributed by atoms with Gasteiger partial charge in [-0.15, -0.1) is 11.3 Å². The van der Waals surface area contributed by atoms with Crippen molar-refractivity contribution in [1.82, 2.24) is 0 Å². The summed E-state index contributed by atoms with van der Waals surface area (Å²) < 4.78 is 1.27. The van der Waals surface area contributed by atoms with E-state index in [9.17, 15) is 4.79 Å². The minimum atomic E-state index is 0.0903. The molecule has 19 heavy (non-hydrogen) atoms. The van der Waals surface area contributed by atoms with Gasteiger partial charge in [-0.2, -0.15) is 0 Å². The first-order valence-electron chi connectivity index (χ1n) is 6.08. The van der Waals surface area contributed by atoms with E-state index in [-0.39, 0.29) is 5.78 Å². The Kier molecular flexibility index (Phi) is 3.05. The highest BCUT2D eigenvalue weighted by Crippen LogP contribution is 2.32. The summed E-state index contributed by atoms with van der Waals surface area (Å²) in [7, 11) is 0. The number of benzene rings is 2. The highest BCUT2D eigenvalue weighted by atomic mass is 32.1. The zero-order valence-corrected chi connectivity index (χ0v) is 11.3. The average Bonchev–Trinajstić information content (AvgIpc) is 2.83. The fraction of sp³-hybridized carbons (Fsp3) is 0.0625. The summed E-state index contributed by atoms with van der Waals surface area (Å²) in [6.07, 6.45) is 0. The van der Waals surface area contributed by atoms with Crippen molar-refractivity contribution in [3.63, 3.8) is 0 Å². The summed E-state index contributed by atoms with van der Waals surface area (Å²) in [5, 5.41) is 6.73. The third-order valence-electron chi connectivity index (χ3n) is 3.05. The van der Waals surface area contributed by atoms with Crippen LogP contribution in [0.5, 0.6) is 0 Å². The van der Waals surface area contributed by atoms with Gasteiger partial charge in [0.1, 0.15) is 0 Å². The van der Waals surface area contributed by atoms with E-state index in [4.69, 9.17) is 0 Å². The van der Waals surface area contributed by atoms with Crippen LogP contribution < -0.4 is 5.32 Å². The minimum Gasteiger partial charge on any atom is -0.354 e. The molecule has 3 heteroatoms. The van der Waals surface area contributed by atoms with Gasteiger partial charge in [-0.05, 0) is 37.3 Å². The topological polar surface area (TPSA) is 29.1 Å². The Morgan fingerprint density at radius 3 is 2.53 bits per heavy atom.